The van der Waals surface area contributed by atoms with E-state index in [4.69, 9.17) is 0 Å². The maximum Gasteiger partial charge on any atom is 0.0743 e. The van der Waals surface area contributed by atoms with E-state index in [0.29, 0.717) is 6.54 Å². The molecule has 4 nitrogen and oxygen atoms in total. The molecule has 92 valence electrons. The first kappa shape index (κ1) is 13.2. The number of nitrogens with zero attached hydrogens (tertiary/aromatic N) is 2. The van der Waals surface area contributed by atoms with Crippen molar-refractivity contribution in [1.29, 1.82) is 0 Å². The van der Waals surface area contributed by atoms with Crippen molar-refractivity contribution in [1.82, 2.24) is 15.1 Å². The van der Waals surface area contributed by atoms with Gasteiger partial charge in [-0.05, 0) is 20.3 Å². The fourth-order valence-corrected chi connectivity index (χ4v) is 1.78. The summed E-state index contributed by atoms with van der Waals surface area (Å²) in [6.07, 6.45) is 5.66. The van der Waals surface area contributed by atoms with Crippen LogP contribution in [0.2, 0.25) is 0 Å². The number of nitrogens with one attached hydrogen (secondary N) is 1. The van der Waals surface area contributed by atoms with Crippen LogP contribution in [0.4, 0.5) is 0 Å². The summed E-state index contributed by atoms with van der Waals surface area (Å²) in [5.41, 5.74) is 0.528. The van der Waals surface area contributed by atoms with Crippen molar-refractivity contribution in [3.8, 4) is 0 Å². The first-order chi connectivity index (χ1) is 7.44. The fraction of sp³-hybridized carbons (Fsp3) is 0.750. The number of hydrogen-bond donors (Lipinski definition) is 2. The molecule has 2 unspecified atom stereocenters. The molecule has 16 heavy (non-hydrogen) atoms. The zero-order chi connectivity index (χ0) is 12.2. The van der Waals surface area contributed by atoms with Gasteiger partial charge in [-0.1, -0.05) is 13.3 Å². The molecule has 1 aromatic heterocycles. The molecule has 0 aliphatic heterocycles. The Kier molecular flexibility index (Phi) is 4.50. The van der Waals surface area contributed by atoms with Crippen LogP contribution in [0.3, 0.4) is 0 Å². The van der Waals surface area contributed by atoms with E-state index in [-0.39, 0.29) is 6.04 Å². The van der Waals surface area contributed by atoms with Crippen LogP contribution in [-0.2, 0) is 7.05 Å². The van der Waals surface area contributed by atoms with Crippen molar-refractivity contribution in [2.45, 2.75) is 45.3 Å². The lowest BCUT2D eigenvalue weighted by atomic mass is 10.00. The van der Waals surface area contributed by atoms with Crippen LogP contribution in [0.1, 0.15) is 45.2 Å². The van der Waals surface area contributed by atoms with Gasteiger partial charge in [-0.3, -0.25) is 4.68 Å². The lowest BCUT2D eigenvalue weighted by Gasteiger charge is -2.25. The molecule has 0 spiro atoms. The average Bonchev–Trinajstić information content (AvgIpc) is 2.61. The normalized spacial score (nSPS) is 17.1. The van der Waals surface area contributed by atoms with Gasteiger partial charge in [0.15, 0.2) is 0 Å². The number of aliphatic hydroxyl groups is 1. The highest BCUT2D eigenvalue weighted by molar-refractivity contribution is 5.09. The molecule has 1 heterocycles. The van der Waals surface area contributed by atoms with Gasteiger partial charge in [0.05, 0.1) is 11.8 Å². The highest BCUT2D eigenvalue weighted by atomic mass is 16.3. The van der Waals surface area contributed by atoms with Crippen molar-refractivity contribution < 1.29 is 5.11 Å². The Morgan fingerprint density at radius 2 is 2.31 bits per heavy atom. The topological polar surface area (TPSA) is 50.1 Å². The van der Waals surface area contributed by atoms with Gasteiger partial charge in [0.2, 0.25) is 0 Å². The Morgan fingerprint density at radius 3 is 2.81 bits per heavy atom. The quantitative estimate of drug-likeness (QED) is 0.773. The summed E-state index contributed by atoms with van der Waals surface area (Å²) < 4.78 is 1.79. The van der Waals surface area contributed by atoms with Crippen molar-refractivity contribution in [3.63, 3.8) is 0 Å². The van der Waals surface area contributed by atoms with Gasteiger partial charge in [0.25, 0.3) is 0 Å². The van der Waals surface area contributed by atoms with Crippen LogP contribution in [-0.4, -0.2) is 27.0 Å². The predicted molar refractivity (Wildman–Crippen MR) is 65.2 cm³/mol. The second-order valence-corrected chi connectivity index (χ2v) is 4.80. The Hall–Kier alpha value is -0.870. The molecule has 0 fully saturated rings. The Bertz CT molecular complexity index is 320. The van der Waals surface area contributed by atoms with E-state index in [9.17, 15) is 5.11 Å². The van der Waals surface area contributed by atoms with E-state index < -0.39 is 5.60 Å². The van der Waals surface area contributed by atoms with Crippen molar-refractivity contribution in [3.05, 3.63) is 18.0 Å². The van der Waals surface area contributed by atoms with E-state index in [2.05, 4.69) is 24.3 Å². The molecule has 0 saturated heterocycles. The summed E-state index contributed by atoms with van der Waals surface area (Å²) in [7, 11) is 1.91. The lowest BCUT2D eigenvalue weighted by molar-refractivity contribution is 0.0477. The molecule has 0 radical (unpaired) electrons. The second-order valence-electron chi connectivity index (χ2n) is 4.80. The number of rotatable bonds is 6. The molecule has 4 heteroatoms. The van der Waals surface area contributed by atoms with Gasteiger partial charge in [-0.25, -0.2) is 0 Å². The van der Waals surface area contributed by atoms with Crippen molar-refractivity contribution in [2.75, 3.05) is 6.54 Å². The predicted octanol–water partition coefficient (Wildman–Crippen LogP) is 1.62. The molecule has 2 atom stereocenters. The Labute approximate surface area is 97.7 Å². The number of aryl methyl sites for hydroxylation is 1. The number of aromatic nitrogens is 2. The van der Waals surface area contributed by atoms with Crippen LogP contribution < -0.4 is 5.32 Å². The van der Waals surface area contributed by atoms with Crippen LogP contribution in [0, 0.1) is 0 Å². The molecule has 2 N–H and O–H groups in total. The van der Waals surface area contributed by atoms with Crippen LogP contribution >= 0.6 is 0 Å². The van der Waals surface area contributed by atoms with E-state index in [1.807, 2.05) is 26.4 Å². The molecular weight excluding hydrogens is 202 g/mol. The molecular formula is C12H23N3O. The number of hydrogen-bond acceptors (Lipinski definition) is 3. The van der Waals surface area contributed by atoms with Crippen molar-refractivity contribution >= 4 is 0 Å². The minimum absolute atomic E-state index is 0.219. The minimum atomic E-state index is -0.620. The summed E-state index contributed by atoms with van der Waals surface area (Å²) in [5.74, 6) is 0. The second kappa shape index (κ2) is 5.46. The first-order valence-electron chi connectivity index (χ1n) is 5.89. The van der Waals surface area contributed by atoms with Gasteiger partial charge in [-0.2, -0.15) is 5.10 Å². The molecule has 0 aromatic carbocycles. The average molecular weight is 225 g/mol. The molecule has 0 bridgehead atoms. The third-order valence-electron chi connectivity index (χ3n) is 2.80. The van der Waals surface area contributed by atoms with Gasteiger partial charge in [0.1, 0.15) is 0 Å². The monoisotopic (exact) mass is 225 g/mol. The molecule has 1 aromatic rings. The maximum absolute atomic E-state index is 10.0. The molecule has 0 aliphatic rings. The van der Waals surface area contributed by atoms with E-state index in [0.717, 1.165) is 18.4 Å². The Morgan fingerprint density at radius 1 is 1.62 bits per heavy atom. The fourth-order valence-electron chi connectivity index (χ4n) is 1.78. The molecule has 0 amide bonds. The van der Waals surface area contributed by atoms with Crippen molar-refractivity contribution in [2.24, 2.45) is 7.05 Å². The first-order valence-corrected chi connectivity index (χ1v) is 5.89. The summed E-state index contributed by atoms with van der Waals surface area (Å²) in [6, 6.07) is 0.219. The summed E-state index contributed by atoms with van der Waals surface area (Å²) in [6.45, 7) is 6.65. The highest BCUT2D eigenvalue weighted by Crippen LogP contribution is 2.14. The summed E-state index contributed by atoms with van der Waals surface area (Å²) in [4.78, 5) is 0. The lowest BCUT2D eigenvalue weighted by Crippen LogP contribution is -2.38. The van der Waals surface area contributed by atoms with Crippen LogP contribution in [0.15, 0.2) is 12.4 Å². The SMILES string of the molecule is CCCC(C)(O)CNC(C)c1cnn(C)c1. The van der Waals surface area contributed by atoms with Gasteiger partial charge in [0, 0.05) is 31.4 Å². The smallest absolute Gasteiger partial charge is 0.0743 e. The largest absolute Gasteiger partial charge is 0.389 e. The van der Waals surface area contributed by atoms with E-state index in [1.165, 1.54) is 0 Å². The molecule has 1 rings (SSSR count). The van der Waals surface area contributed by atoms with Gasteiger partial charge in [-0.15, -0.1) is 0 Å². The molecule has 0 aliphatic carbocycles. The van der Waals surface area contributed by atoms with Crippen LogP contribution in [0.25, 0.3) is 0 Å². The third-order valence-corrected chi connectivity index (χ3v) is 2.80. The van der Waals surface area contributed by atoms with Gasteiger partial charge >= 0.3 is 0 Å². The van der Waals surface area contributed by atoms with E-state index >= 15 is 0 Å². The summed E-state index contributed by atoms with van der Waals surface area (Å²) in [5, 5.41) is 17.5. The minimum Gasteiger partial charge on any atom is -0.389 e. The zero-order valence-corrected chi connectivity index (χ0v) is 10.7. The summed E-state index contributed by atoms with van der Waals surface area (Å²) >= 11 is 0. The molecule has 0 saturated carbocycles. The standard InChI is InChI=1S/C12H23N3O/c1-5-6-12(3,16)9-13-10(2)11-7-14-15(4)8-11/h7-8,10,13,16H,5-6,9H2,1-4H3. The van der Waals surface area contributed by atoms with E-state index in [1.54, 1.807) is 4.68 Å². The maximum atomic E-state index is 10.0. The van der Waals surface area contributed by atoms with Gasteiger partial charge < -0.3 is 10.4 Å². The third kappa shape index (κ3) is 3.94. The Balaban J connectivity index is 2.43. The van der Waals surface area contributed by atoms with Crippen LogP contribution in [0.5, 0.6) is 0 Å². The zero-order valence-electron chi connectivity index (χ0n) is 10.7. The highest BCUT2D eigenvalue weighted by Gasteiger charge is 2.20.